The topological polar surface area (TPSA) is 48.5 Å². The predicted octanol–water partition coefficient (Wildman–Crippen LogP) is 3.21. The second-order valence-electron chi connectivity index (χ2n) is 7.15. The first-order valence-electron chi connectivity index (χ1n) is 9.18. The van der Waals surface area contributed by atoms with Crippen LogP contribution in [0.15, 0.2) is 23.6 Å². The second kappa shape index (κ2) is 8.29. The van der Waals surface area contributed by atoms with Gasteiger partial charge < -0.3 is 5.32 Å². The molecule has 26 heavy (non-hydrogen) atoms. The van der Waals surface area contributed by atoms with Gasteiger partial charge in [0.25, 0.3) is 0 Å². The van der Waals surface area contributed by atoms with Crippen LogP contribution >= 0.6 is 11.3 Å². The van der Waals surface area contributed by atoms with E-state index in [2.05, 4.69) is 37.6 Å². The molecule has 1 aliphatic heterocycles. The zero-order valence-corrected chi connectivity index (χ0v) is 16.9. The standard InChI is InChI=1S/C20H28N4OS/c1-14-5-6-15(2)19(11-14)22-20(25)16(3)24-9-7-23(8-10-24)12-18-13-26-17(4)21-18/h5-6,11,13,16H,7-10,12H2,1-4H3,(H,22,25)/t16-/m0/s1. The molecule has 1 N–H and O–H groups in total. The predicted molar refractivity (Wildman–Crippen MR) is 108 cm³/mol. The number of nitrogens with one attached hydrogen (secondary N) is 1. The number of anilines is 1. The molecule has 0 saturated carbocycles. The summed E-state index contributed by atoms with van der Waals surface area (Å²) < 4.78 is 0. The molecule has 1 amide bonds. The van der Waals surface area contributed by atoms with Crippen molar-refractivity contribution in [2.45, 2.75) is 40.3 Å². The van der Waals surface area contributed by atoms with Crippen LogP contribution in [0, 0.1) is 20.8 Å². The Labute approximate surface area is 160 Å². The van der Waals surface area contributed by atoms with E-state index >= 15 is 0 Å². The van der Waals surface area contributed by atoms with Crippen molar-refractivity contribution in [1.29, 1.82) is 0 Å². The van der Waals surface area contributed by atoms with E-state index in [1.54, 1.807) is 11.3 Å². The molecule has 0 bridgehead atoms. The summed E-state index contributed by atoms with van der Waals surface area (Å²) in [4.78, 5) is 21.9. The highest BCUT2D eigenvalue weighted by Crippen LogP contribution is 2.18. The number of hydrogen-bond donors (Lipinski definition) is 1. The molecule has 140 valence electrons. The first kappa shape index (κ1) is 19.0. The van der Waals surface area contributed by atoms with Gasteiger partial charge in [0.15, 0.2) is 0 Å². The van der Waals surface area contributed by atoms with Crippen LogP contribution in [0.5, 0.6) is 0 Å². The third kappa shape index (κ3) is 4.69. The molecule has 6 heteroatoms. The van der Waals surface area contributed by atoms with Crippen molar-refractivity contribution in [3.05, 3.63) is 45.4 Å². The molecule has 1 aromatic carbocycles. The number of carbonyl (C=O) groups is 1. The van der Waals surface area contributed by atoms with Gasteiger partial charge in [-0.15, -0.1) is 11.3 Å². The first-order chi connectivity index (χ1) is 12.4. The van der Waals surface area contributed by atoms with Crippen molar-refractivity contribution < 1.29 is 4.79 Å². The second-order valence-corrected chi connectivity index (χ2v) is 8.22. The van der Waals surface area contributed by atoms with Crippen LogP contribution in [0.2, 0.25) is 0 Å². The van der Waals surface area contributed by atoms with Gasteiger partial charge in [-0.25, -0.2) is 4.98 Å². The van der Waals surface area contributed by atoms with Crippen LogP contribution in [0.4, 0.5) is 5.69 Å². The molecule has 0 aliphatic carbocycles. The number of rotatable bonds is 5. The first-order valence-corrected chi connectivity index (χ1v) is 10.1. The number of aromatic nitrogens is 1. The zero-order valence-electron chi connectivity index (χ0n) is 16.1. The Morgan fingerprint density at radius 3 is 2.62 bits per heavy atom. The average molecular weight is 373 g/mol. The monoisotopic (exact) mass is 372 g/mol. The van der Waals surface area contributed by atoms with Crippen LogP contribution in [0.1, 0.15) is 28.8 Å². The molecule has 0 radical (unpaired) electrons. The van der Waals surface area contributed by atoms with Gasteiger partial charge in [0.2, 0.25) is 5.91 Å². The third-order valence-corrected chi connectivity index (χ3v) is 5.86. The Balaban J connectivity index is 1.51. The van der Waals surface area contributed by atoms with Crippen LogP contribution in [0.25, 0.3) is 0 Å². The van der Waals surface area contributed by atoms with Gasteiger partial charge in [0.1, 0.15) is 0 Å². The smallest absolute Gasteiger partial charge is 0.241 e. The van der Waals surface area contributed by atoms with Gasteiger partial charge >= 0.3 is 0 Å². The molecule has 2 heterocycles. The Kier molecular flexibility index (Phi) is 6.06. The summed E-state index contributed by atoms with van der Waals surface area (Å²) in [6, 6.07) is 6.03. The molecule has 5 nitrogen and oxygen atoms in total. The summed E-state index contributed by atoms with van der Waals surface area (Å²) in [5, 5.41) is 6.36. The Morgan fingerprint density at radius 2 is 1.96 bits per heavy atom. The maximum Gasteiger partial charge on any atom is 0.241 e. The van der Waals surface area contributed by atoms with Crippen molar-refractivity contribution in [3.63, 3.8) is 0 Å². The highest BCUT2D eigenvalue weighted by molar-refractivity contribution is 7.09. The van der Waals surface area contributed by atoms with Crippen molar-refractivity contribution in [1.82, 2.24) is 14.8 Å². The maximum atomic E-state index is 12.7. The highest BCUT2D eigenvalue weighted by Gasteiger charge is 2.26. The van der Waals surface area contributed by atoms with Crippen LogP contribution < -0.4 is 5.32 Å². The molecular formula is C20H28N4OS. The zero-order chi connectivity index (χ0) is 18.7. The molecule has 0 unspecified atom stereocenters. The van der Waals surface area contributed by atoms with Crippen molar-refractivity contribution in [2.75, 3.05) is 31.5 Å². The molecule has 1 saturated heterocycles. The lowest BCUT2D eigenvalue weighted by Gasteiger charge is -2.37. The third-order valence-electron chi connectivity index (χ3n) is 5.04. The lowest BCUT2D eigenvalue weighted by Crippen LogP contribution is -2.52. The lowest BCUT2D eigenvalue weighted by atomic mass is 10.1. The van der Waals surface area contributed by atoms with Gasteiger partial charge in [-0.2, -0.15) is 0 Å². The van der Waals surface area contributed by atoms with Crippen LogP contribution in [-0.2, 0) is 11.3 Å². The number of thiazole rings is 1. The minimum Gasteiger partial charge on any atom is -0.324 e. The quantitative estimate of drug-likeness (QED) is 0.876. The lowest BCUT2D eigenvalue weighted by molar-refractivity contribution is -0.121. The molecule has 1 aromatic heterocycles. The normalized spacial score (nSPS) is 17.2. The van der Waals surface area contributed by atoms with Gasteiger partial charge in [-0.3, -0.25) is 14.6 Å². The molecule has 0 spiro atoms. The number of aryl methyl sites for hydroxylation is 3. The Hall–Kier alpha value is -1.76. The van der Waals surface area contributed by atoms with E-state index in [4.69, 9.17) is 0 Å². The van der Waals surface area contributed by atoms with Gasteiger partial charge in [-0.1, -0.05) is 12.1 Å². The van der Waals surface area contributed by atoms with E-state index in [1.165, 1.54) is 0 Å². The summed E-state index contributed by atoms with van der Waals surface area (Å²) in [7, 11) is 0. The van der Waals surface area contributed by atoms with Crippen molar-refractivity contribution >= 4 is 22.9 Å². The fraction of sp³-hybridized carbons (Fsp3) is 0.500. The highest BCUT2D eigenvalue weighted by atomic mass is 32.1. The van der Waals surface area contributed by atoms with Crippen molar-refractivity contribution in [3.8, 4) is 0 Å². The SMILES string of the molecule is Cc1ccc(C)c(NC(=O)[C@H](C)N2CCN(Cc3csc(C)n3)CC2)c1. The van der Waals surface area contributed by atoms with E-state index < -0.39 is 0 Å². The number of piperazine rings is 1. The van der Waals surface area contributed by atoms with Crippen molar-refractivity contribution in [2.24, 2.45) is 0 Å². The fourth-order valence-electron chi connectivity index (χ4n) is 3.29. The van der Waals surface area contributed by atoms with Gasteiger partial charge in [0, 0.05) is 43.8 Å². The molecule has 1 aliphatic rings. The fourth-order valence-corrected chi connectivity index (χ4v) is 3.90. The van der Waals surface area contributed by atoms with E-state index in [-0.39, 0.29) is 11.9 Å². The number of amides is 1. The minimum absolute atomic E-state index is 0.0716. The summed E-state index contributed by atoms with van der Waals surface area (Å²) in [6.45, 7) is 12.8. The molecular weight excluding hydrogens is 344 g/mol. The van der Waals surface area contributed by atoms with Gasteiger partial charge in [0.05, 0.1) is 16.7 Å². The number of hydrogen-bond acceptors (Lipinski definition) is 5. The van der Waals surface area contributed by atoms with E-state index in [1.807, 2.05) is 33.8 Å². The number of nitrogens with zero attached hydrogens (tertiary/aromatic N) is 3. The molecule has 1 atom stereocenters. The van der Waals surface area contributed by atoms with Crippen LogP contribution in [0.3, 0.4) is 0 Å². The summed E-state index contributed by atoms with van der Waals surface area (Å²) in [5.74, 6) is 0.0716. The summed E-state index contributed by atoms with van der Waals surface area (Å²) >= 11 is 1.70. The molecule has 1 fully saturated rings. The minimum atomic E-state index is -0.126. The van der Waals surface area contributed by atoms with E-state index in [0.717, 1.165) is 60.2 Å². The summed E-state index contributed by atoms with van der Waals surface area (Å²) in [6.07, 6.45) is 0. The average Bonchev–Trinajstić information content (AvgIpc) is 3.03. The maximum absolute atomic E-state index is 12.7. The summed E-state index contributed by atoms with van der Waals surface area (Å²) in [5.41, 5.74) is 4.32. The van der Waals surface area contributed by atoms with Crippen LogP contribution in [-0.4, -0.2) is 52.9 Å². The number of carbonyl (C=O) groups excluding carboxylic acids is 1. The Bertz CT molecular complexity index is 765. The van der Waals surface area contributed by atoms with E-state index in [0.29, 0.717) is 0 Å². The van der Waals surface area contributed by atoms with Gasteiger partial charge in [-0.05, 0) is 44.9 Å². The molecule has 2 aromatic rings. The largest absolute Gasteiger partial charge is 0.324 e. The van der Waals surface area contributed by atoms with E-state index in [9.17, 15) is 4.79 Å². The molecule has 3 rings (SSSR count). The Morgan fingerprint density at radius 1 is 1.23 bits per heavy atom. The number of benzene rings is 1.